The van der Waals surface area contributed by atoms with E-state index in [1.807, 2.05) is 17.9 Å². The van der Waals surface area contributed by atoms with E-state index in [1.54, 1.807) is 35.4 Å². The monoisotopic (exact) mass is 587 g/mol. The molecule has 11 nitrogen and oxygen atoms in total. The second-order valence-corrected chi connectivity index (χ2v) is 10.6. The number of primary amides is 1. The minimum Gasteiger partial charge on any atom is -0.488 e. The molecule has 1 aromatic carbocycles. The number of hydrogen-bond acceptors (Lipinski definition) is 8. The van der Waals surface area contributed by atoms with Gasteiger partial charge in [-0.2, -0.15) is 5.26 Å². The third-order valence-electron chi connectivity index (χ3n) is 7.71. The van der Waals surface area contributed by atoms with E-state index in [9.17, 15) is 19.2 Å². The van der Waals surface area contributed by atoms with Crippen molar-refractivity contribution in [3.8, 4) is 29.0 Å². The average molecular weight is 588 g/mol. The molecular weight excluding hydrogens is 553 g/mol. The Hall–Kier alpha value is -4.92. The van der Waals surface area contributed by atoms with Crippen molar-refractivity contribution in [1.29, 1.82) is 5.26 Å². The van der Waals surface area contributed by atoms with Crippen molar-refractivity contribution < 1.29 is 23.5 Å². The highest BCUT2D eigenvalue weighted by atomic mass is 19.1. The Bertz CT molecular complexity index is 1520. The standard InChI is InChI=1S/C31H34FN7O4/c1-2-42-30-24(4-3-12-35-30)25-6-8-27(28(37-25)29(40)36-18-20-9-13-39(19-20)31(34)41)43-23-10-14-38(15-11-23)26-7-5-22(32)16-21(26)17-33/h3-8,12,16,20,23H,2,9-11,13-15,18-19H2,1H3,(H2,34,41)(H,36,40). The molecule has 224 valence electrons. The zero-order valence-electron chi connectivity index (χ0n) is 24.0. The van der Waals surface area contributed by atoms with Gasteiger partial charge in [-0.25, -0.2) is 19.2 Å². The Morgan fingerprint density at radius 2 is 1.98 bits per heavy atom. The molecule has 4 heterocycles. The van der Waals surface area contributed by atoms with E-state index in [-0.39, 0.29) is 17.7 Å². The molecule has 2 fully saturated rings. The van der Waals surface area contributed by atoms with Gasteiger partial charge in [-0.15, -0.1) is 0 Å². The van der Waals surface area contributed by atoms with Gasteiger partial charge in [0.25, 0.3) is 5.91 Å². The summed E-state index contributed by atoms with van der Waals surface area (Å²) in [6, 6.07) is 13.0. The molecule has 43 heavy (non-hydrogen) atoms. The number of carbonyl (C=O) groups is 2. The van der Waals surface area contributed by atoms with Crippen molar-refractivity contribution >= 4 is 17.6 Å². The first-order valence-corrected chi connectivity index (χ1v) is 14.4. The summed E-state index contributed by atoms with van der Waals surface area (Å²) in [5, 5.41) is 12.4. The molecule has 1 unspecified atom stereocenters. The lowest BCUT2D eigenvalue weighted by molar-refractivity contribution is 0.0932. The second-order valence-electron chi connectivity index (χ2n) is 10.6. The van der Waals surface area contributed by atoms with Gasteiger partial charge in [-0.3, -0.25) is 4.79 Å². The maximum absolute atomic E-state index is 13.6. The van der Waals surface area contributed by atoms with Crippen LogP contribution in [-0.2, 0) is 0 Å². The number of nitrogens with two attached hydrogens (primary N) is 1. The van der Waals surface area contributed by atoms with Gasteiger partial charge in [0.2, 0.25) is 5.88 Å². The first kappa shape index (κ1) is 29.6. The van der Waals surface area contributed by atoms with Gasteiger partial charge in [-0.1, -0.05) is 0 Å². The molecule has 0 spiro atoms. The zero-order chi connectivity index (χ0) is 30.3. The van der Waals surface area contributed by atoms with Crippen LogP contribution in [0.1, 0.15) is 42.2 Å². The van der Waals surface area contributed by atoms with Gasteiger partial charge in [0.05, 0.1) is 29.1 Å². The number of carbonyl (C=O) groups excluding carboxylic acids is 2. The van der Waals surface area contributed by atoms with E-state index < -0.39 is 17.8 Å². The van der Waals surface area contributed by atoms with Crippen LogP contribution in [0.5, 0.6) is 11.6 Å². The molecule has 0 aliphatic carbocycles. The number of nitrogens with zero attached hydrogens (tertiary/aromatic N) is 5. The predicted molar refractivity (Wildman–Crippen MR) is 157 cm³/mol. The van der Waals surface area contributed by atoms with Crippen molar-refractivity contribution in [3.63, 3.8) is 0 Å². The Morgan fingerprint density at radius 3 is 2.70 bits per heavy atom. The SMILES string of the molecule is CCOc1ncccc1-c1ccc(OC2CCN(c3ccc(F)cc3C#N)CC2)c(C(=O)NCC2CCN(C(N)=O)C2)n1. The predicted octanol–water partition coefficient (Wildman–Crippen LogP) is 3.73. The van der Waals surface area contributed by atoms with Gasteiger partial charge in [0.1, 0.15) is 18.0 Å². The fourth-order valence-corrected chi connectivity index (χ4v) is 5.48. The number of amides is 3. The maximum atomic E-state index is 13.6. The summed E-state index contributed by atoms with van der Waals surface area (Å²) in [6.07, 6.45) is 3.44. The topological polar surface area (TPSA) is 147 Å². The maximum Gasteiger partial charge on any atom is 0.314 e. The lowest BCUT2D eigenvalue weighted by atomic mass is 10.0. The number of pyridine rings is 2. The number of hydrogen-bond donors (Lipinski definition) is 2. The summed E-state index contributed by atoms with van der Waals surface area (Å²) in [5.74, 6) is 0.0174. The highest BCUT2D eigenvalue weighted by molar-refractivity contribution is 5.95. The van der Waals surface area contributed by atoms with E-state index in [4.69, 9.17) is 20.2 Å². The lowest BCUT2D eigenvalue weighted by Crippen LogP contribution is -2.39. The molecule has 3 amide bonds. The first-order valence-electron chi connectivity index (χ1n) is 14.4. The van der Waals surface area contributed by atoms with Gasteiger partial charge in [-0.05, 0) is 61.7 Å². The first-order chi connectivity index (χ1) is 20.9. The molecule has 3 aromatic rings. The molecule has 0 radical (unpaired) electrons. The smallest absolute Gasteiger partial charge is 0.314 e. The number of rotatable bonds is 9. The molecule has 3 N–H and O–H groups in total. The molecule has 0 bridgehead atoms. The summed E-state index contributed by atoms with van der Waals surface area (Å²) < 4.78 is 25.7. The van der Waals surface area contributed by atoms with Gasteiger partial charge < -0.3 is 30.3 Å². The largest absolute Gasteiger partial charge is 0.488 e. The summed E-state index contributed by atoms with van der Waals surface area (Å²) in [5.41, 5.74) is 7.70. The number of nitriles is 1. The molecule has 1 atom stereocenters. The summed E-state index contributed by atoms with van der Waals surface area (Å²) in [7, 11) is 0. The molecule has 2 saturated heterocycles. The van der Waals surface area contributed by atoms with Crippen LogP contribution in [0.4, 0.5) is 14.9 Å². The van der Waals surface area contributed by atoms with Crippen molar-refractivity contribution in [2.75, 3.05) is 44.2 Å². The number of piperidine rings is 1. The fraction of sp³-hybridized carbons (Fsp3) is 0.387. The number of anilines is 1. The second kappa shape index (κ2) is 13.4. The van der Waals surface area contributed by atoms with E-state index in [1.165, 1.54) is 12.1 Å². The third kappa shape index (κ3) is 6.94. The number of nitrogens with one attached hydrogen (secondary N) is 1. The third-order valence-corrected chi connectivity index (χ3v) is 7.71. The summed E-state index contributed by atoms with van der Waals surface area (Å²) in [4.78, 5) is 37.7. The van der Waals surface area contributed by atoms with E-state index >= 15 is 0 Å². The van der Waals surface area contributed by atoms with Crippen LogP contribution in [0.2, 0.25) is 0 Å². The number of aromatic nitrogens is 2. The van der Waals surface area contributed by atoms with Crippen LogP contribution in [0, 0.1) is 23.1 Å². The van der Waals surface area contributed by atoms with Crippen LogP contribution >= 0.6 is 0 Å². The fourth-order valence-electron chi connectivity index (χ4n) is 5.48. The Labute approximate surface area is 249 Å². The highest BCUT2D eigenvalue weighted by Gasteiger charge is 2.28. The number of halogens is 1. The van der Waals surface area contributed by atoms with Crippen LogP contribution in [0.15, 0.2) is 48.7 Å². The molecular formula is C31H34FN7O4. The van der Waals surface area contributed by atoms with E-state index in [0.717, 1.165) is 6.42 Å². The number of ether oxygens (including phenoxy) is 2. The highest BCUT2D eigenvalue weighted by Crippen LogP contribution is 2.31. The molecule has 2 aliphatic heterocycles. The van der Waals surface area contributed by atoms with Crippen LogP contribution in [-0.4, -0.2) is 72.2 Å². The zero-order valence-corrected chi connectivity index (χ0v) is 24.0. The number of urea groups is 1. The van der Waals surface area contributed by atoms with Crippen molar-refractivity contribution in [2.45, 2.75) is 32.3 Å². The van der Waals surface area contributed by atoms with E-state index in [0.29, 0.717) is 86.3 Å². The Balaban J connectivity index is 1.33. The number of benzene rings is 1. The molecule has 12 heteroatoms. The van der Waals surface area contributed by atoms with Gasteiger partial charge >= 0.3 is 6.03 Å². The van der Waals surface area contributed by atoms with Crippen LogP contribution in [0.25, 0.3) is 11.3 Å². The quantitative estimate of drug-likeness (QED) is 0.385. The van der Waals surface area contributed by atoms with Crippen molar-refractivity contribution in [1.82, 2.24) is 20.2 Å². The molecule has 5 rings (SSSR count). The van der Waals surface area contributed by atoms with Gasteiger partial charge in [0.15, 0.2) is 11.4 Å². The summed E-state index contributed by atoms with van der Waals surface area (Å²) >= 11 is 0. The van der Waals surface area contributed by atoms with Crippen molar-refractivity contribution in [2.24, 2.45) is 11.7 Å². The Morgan fingerprint density at radius 1 is 1.16 bits per heavy atom. The Kier molecular flexibility index (Phi) is 9.20. The molecule has 0 saturated carbocycles. The number of likely N-dealkylation sites (tertiary alicyclic amines) is 1. The lowest BCUT2D eigenvalue weighted by Gasteiger charge is -2.34. The van der Waals surface area contributed by atoms with Crippen LogP contribution in [0.3, 0.4) is 0 Å². The average Bonchev–Trinajstić information content (AvgIpc) is 3.51. The van der Waals surface area contributed by atoms with Crippen LogP contribution < -0.4 is 25.4 Å². The van der Waals surface area contributed by atoms with E-state index in [2.05, 4.69) is 16.4 Å². The minimum absolute atomic E-state index is 0.0842. The molecule has 2 aliphatic rings. The minimum atomic E-state index is -0.463. The normalized spacial score (nSPS) is 16.9. The molecule has 2 aromatic heterocycles. The van der Waals surface area contributed by atoms with Crippen molar-refractivity contribution in [3.05, 3.63) is 65.7 Å². The summed E-state index contributed by atoms with van der Waals surface area (Å²) in [6.45, 7) is 4.90. The van der Waals surface area contributed by atoms with Gasteiger partial charge in [0, 0.05) is 51.8 Å².